The van der Waals surface area contributed by atoms with Crippen LogP contribution < -0.4 is 5.32 Å². The molecule has 1 aromatic rings. The van der Waals surface area contributed by atoms with Gasteiger partial charge in [-0.2, -0.15) is 0 Å². The molecular weight excluding hydrogens is 190 g/mol. The van der Waals surface area contributed by atoms with Crippen LogP contribution in [0.4, 0.5) is 5.69 Å². The number of benzene rings is 1. The topological polar surface area (TPSA) is 49.3 Å². The molecule has 0 aliphatic rings. The predicted octanol–water partition coefficient (Wildman–Crippen LogP) is 2.66. The first kappa shape index (κ1) is 11.6. The summed E-state index contributed by atoms with van der Waals surface area (Å²) in [7, 11) is 0. The van der Waals surface area contributed by atoms with Gasteiger partial charge >= 0.3 is 5.97 Å². The molecule has 0 saturated heterocycles. The van der Waals surface area contributed by atoms with Crippen molar-refractivity contribution in [2.24, 2.45) is 0 Å². The lowest BCUT2D eigenvalue weighted by molar-refractivity contribution is -0.138. The van der Waals surface area contributed by atoms with Crippen LogP contribution in [0.1, 0.15) is 25.3 Å². The van der Waals surface area contributed by atoms with E-state index in [9.17, 15) is 4.79 Å². The van der Waals surface area contributed by atoms with E-state index in [2.05, 4.69) is 5.32 Å². The Morgan fingerprint density at radius 2 is 2.13 bits per heavy atom. The van der Waals surface area contributed by atoms with Crippen molar-refractivity contribution in [3.8, 4) is 0 Å². The van der Waals surface area contributed by atoms with E-state index >= 15 is 0 Å². The maximum absolute atomic E-state index is 10.9. The third kappa shape index (κ3) is 3.27. The van der Waals surface area contributed by atoms with Crippen LogP contribution in [0.15, 0.2) is 24.3 Å². The van der Waals surface area contributed by atoms with E-state index in [0.29, 0.717) is 6.42 Å². The Bertz CT molecular complexity index is 336. The zero-order chi connectivity index (χ0) is 11.3. The number of aryl methyl sites for hydroxylation is 1. The smallest absolute Gasteiger partial charge is 0.326 e. The number of anilines is 1. The molecule has 15 heavy (non-hydrogen) atoms. The van der Waals surface area contributed by atoms with Crippen molar-refractivity contribution in [3.05, 3.63) is 29.8 Å². The molecule has 3 nitrogen and oxygen atoms in total. The minimum Gasteiger partial charge on any atom is -0.480 e. The molecule has 0 aliphatic heterocycles. The number of nitrogens with one attached hydrogen (secondary N) is 1. The first-order valence-corrected chi connectivity index (χ1v) is 5.20. The number of aliphatic carboxylic acids is 1. The van der Waals surface area contributed by atoms with Crippen LogP contribution in [0.2, 0.25) is 0 Å². The highest BCUT2D eigenvalue weighted by Gasteiger charge is 2.15. The summed E-state index contributed by atoms with van der Waals surface area (Å²) in [6.45, 7) is 3.95. The number of hydrogen-bond acceptors (Lipinski definition) is 2. The fourth-order valence-electron chi connectivity index (χ4n) is 1.47. The first-order valence-electron chi connectivity index (χ1n) is 5.20. The Morgan fingerprint density at radius 3 is 2.67 bits per heavy atom. The van der Waals surface area contributed by atoms with Crippen LogP contribution in [0, 0.1) is 6.92 Å². The van der Waals surface area contributed by atoms with Crippen molar-refractivity contribution in [1.82, 2.24) is 0 Å². The van der Waals surface area contributed by atoms with Gasteiger partial charge in [-0.25, -0.2) is 4.79 Å². The number of para-hydroxylation sites is 1. The van der Waals surface area contributed by atoms with Crippen molar-refractivity contribution in [3.63, 3.8) is 0 Å². The summed E-state index contributed by atoms with van der Waals surface area (Å²) in [5.74, 6) is -0.792. The normalized spacial score (nSPS) is 12.1. The molecule has 0 fully saturated rings. The fraction of sp³-hybridized carbons (Fsp3) is 0.417. The van der Waals surface area contributed by atoms with Crippen LogP contribution in [-0.4, -0.2) is 17.1 Å². The van der Waals surface area contributed by atoms with Gasteiger partial charge in [0.2, 0.25) is 0 Å². The molecule has 0 heterocycles. The summed E-state index contributed by atoms with van der Waals surface area (Å²) >= 11 is 0. The third-order valence-corrected chi connectivity index (χ3v) is 2.35. The molecule has 1 unspecified atom stereocenters. The Kier molecular flexibility index (Phi) is 4.16. The van der Waals surface area contributed by atoms with Gasteiger partial charge in [-0.3, -0.25) is 0 Å². The minimum atomic E-state index is -0.792. The number of carbonyl (C=O) groups is 1. The summed E-state index contributed by atoms with van der Waals surface area (Å²) in [6, 6.07) is 7.22. The monoisotopic (exact) mass is 207 g/mol. The van der Waals surface area contributed by atoms with Gasteiger partial charge in [0.25, 0.3) is 0 Å². The van der Waals surface area contributed by atoms with Gasteiger partial charge in [0.15, 0.2) is 0 Å². The lowest BCUT2D eigenvalue weighted by Gasteiger charge is -2.16. The molecule has 0 radical (unpaired) electrons. The van der Waals surface area contributed by atoms with E-state index in [1.54, 1.807) is 0 Å². The zero-order valence-electron chi connectivity index (χ0n) is 9.16. The number of carboxylic acid groups (broad SMARTS) is 1. The molecule has 0 spiro atoms. The molecule has 1 rings (SSSR count). The molecule has 0 aromatic heterocycles. The molecule has 0 aliphatic carbocycles. The average Bonchev–Trinajstić information content (AvgIpc) is 2.20. The maximum Gasteiger partial charge on any atom is 0.326 e. The fourth-order valence-corrected chi connectivity index (χ4v) is 1.47. The highest BCUT2D eigenvalue weighted by atomic mass is 16.4. The minimum absolute atomic E-state index is 0.490. The van der Waals surface area contributed by atoms with Crippen molar-refractivity contribution in [2.45, 2.75) is 32.7 Å². The van der Waals surface area contributed by atoms with Crippen molar-refractivity contribution in [2.75, 3.05) is 5.32 Å². The van der Waals surface area contributed by atoms with Crippen LogP contribution in [0.3, 0.4) is 0 Å². The lowest BCUT2D eigenvalue weighted by Crippen LogP contribution is -2.29. The number of carboxylic acids is 1. The third-order valence-electron chi connectivity index (χ3n) is 2.35. The van der Waals surface area contributed by atoms with Gasteiger partial charge < -0.3 is 10.4 Å². The molecular formula is C12H17NO2. The Balaban J connectivity index is 2.74. The molecule has 1 aromatic carbocycles. The highest BCUT2D eigenvalue weighted by molar-refractivity contribution is 5.77. The van der Waals surface area contributed by atoms with E-state index in [4.69, 9.17) is 5.11 Å². The number of hydrogen-bond donors (Lipinski definition) is 2. The van der Waals surface area contributed by atoms with Gasteiger partial charge in [0, 0.05) is 5.69 Å². The van der Waals surface area contributed by atoms with Crippen molar-refractivity contribution < 1.29 is 9.90 Å². The lowest BCUT2D eigenvalue weighted by atomic mass is 10.1. The van der Waals surface area contributed by atoms with E-state index in [0.717, 1.165) is 17.7 Å². The van der Waals surface area contributed by atoms with E-state index in [-0.39, 0.29) is 0 Å². The molecule has 0 bridgehead atoms. The van der Waals surface area contributed by atoms with Crippen LogP contribution >= 0.6 is 0 Å². The van der Waals surface area contributed by atoms with Gasteiger partial charge in [-0.15, -0.1) is 0 Å². The average molecular weight is 207 g/mol. The van der Waals surface area contributed by atoms with Gasteiger partial charge in [0.1, 0.15) is 6.04 Å². The van der Waals surface area contributed by atoms with Gasteiger partial charge in [-0.1, -0.05) is 31.5 Å². The highest BCUT2D eigenvalue weighted by Crippen LogP contribution is 2.15. The summed E-state index contributed by atoms with van der Waals surface area (Å²) < 4.78 is 0. The molecule has 3 heteroatoms. The summed E-state index contributed by atoms with van der Waals surface area (Å²) in [5, 5.41) is 12.0. The second kappa shape index (κ2) is 5.39. The predicted molar refractivity (Wildman–Crippen MR) is 61.1 cm³/mol. The molecule has 82 valence electrons. The second-order valence-corrected chi connectivity index (χ2v) is 3.64. The maximum atomic E-state index is 10.9. The Hall–Kier alpha value is -1.51. The van der Waals surface area contributed by atoms with Crippen LogP contribution in [-0.2, 0) is 4.79 Å². The molecule has 0 amide bonds. The van der Waals surface area contributed by atoms with E-state index < -0.39 is 12.0 Å². The summed E-state index contributed by atoms with van der Waals surface area (Å²) in [6.07, 6.45) is 1.50. The first-order chi connectivity index (χ1) is 7.15. The van der Waals surface area contributed by atoms with Gasteiger partial charge in [0.05, 0.1) is 0 Å². The SMILES string of the molecule is CCCC(Nc1ccccc1C)C(=O)O. The Labute approximate surface area is 90.1 Å². The molecule has 2 N–H and O–H groups in total. The van der Waals surface area contributed by atoms with Gasteiger partial charge in [-0.05, 0) is 25.0 Å². The molecule has 1 atom stereocenters. The second-order valence-electron chi connectivity index (χ2n) is 3.64. The van der Waals surface area contributed by atoms with Crippen molar-refractivity contribution >= 4 is 11.7 Å². The van der Waals surface area contributed by atoms with Crippen LogP contribution in [0.5, 0.6) is 0 Å². The van der Waals surface area contributed by atoms with Crippen LogP contribution in [0.25, 0.3) is 0 Å². The number of rotatable bonds is 5. The van der Waals surface area contributed by atoms with E-state index in [1.807, 2.05) is 38.1 Å². The summed E-state index contributed by atoms with van der Waals surface area (Å²) in [4.78, 5) is 10.9. The quantitative estimate of drug-likeness (QED) is 0.780. The summed E-state index contributed by atoms with van der Waals surface area (Å²) in [5.41, 5.74) is 1.97. The Morgan fingerprint density at radius 1 is 1.47 bits per heavy atom. The van der Waals surface area contributed by atoms with E-state index in [1.165, 1.54) is 0 Å². The molecule has 0 saturated carbocycles. The van der Waals surface area contributed by atoms with Crippen molar-refractivity contribution in [1.29, 1.82) is 0 Å². The largest absolute Gasteiger partial charge is 0.480 e. The standard InChI is InChI=1S/C12H17NO2/c1-3-6-11(12(14)15)13-10-8-5-4-7-9(10)2/h4-5,7-8,11,13H,3,6H2,1-2H3,(H,14,15). The zero-order valence-corrected chi connectivity index (χ0v) is 9.16.